The van der Waals surface area contributed by atoms with Crippen molar-refractivity contribution in [1.29, 1.82) is 0 Å². The number of hydrogen-bond donors (Lipinski definition) is 3. The first-order valence-corrected chi connectivity index (χ1v) is 5.46. The van der Waals surface area contributed by atoms with Gasteiger partial charge in [-0.2, -0.15) is 0 Å². The van der Waals surface area contributed by atoms with E-state index in [-0.39, 0.29) is 11.9 Å². The summed E-state index contributed by atoms with van der Waals surface area (Å²) in [5, 5.41) is 14.7. The average Bonchev–Trinajstić information content (AvgIpc) is 2.30. The number of rotatable bonds is 6. The third kappa shape index (κ3) is 4.79. The third-order valence-electron chi connectivity index (χ3n) is 2.39. The molecule has 0 aliphatic heterocycles. The zero-order chi connectivity index (χ0) is 11.8. The summed E-state index contributed by atoms with van der Waals surface area (Å²) in [6, 6.07) is 10.5. The van der Waals surface area contributed by atoms with Gasteiger partial charge in [-0.15, -0.1) is 0 Å². The number of nitrogens with zero attached hydrogens (tertiary/aromatic N) is 1. The molecule has 0 aliphatic rings. The second-order valence-electron chi connectivity index (χ2n) is 3.89. The molecule has 88 valence electrons. The highest BCUT2D eigenvalue weighted by molar-refractivity contribution is 5.80. The molecule has 0 fully saturated rings. The van der Waals surface area contributed by atoms with Gasteiger partial charge in [0.2, 0.25) is 0 Å². The zero-order valence-corrected chi connectivity index (χ0v) is 9.56. The van der Waals surface area contributed by atoms with Crippen molar-refractivity contribution < 1.29 is 5.21 Å². The first-order chi connectivity index (χ1) is 7.72. The van der Waals surface area contributed by atoms with E-state index in [4.69, 9.17) is 10.9 Å². The molecule has 4 nitrogen and oxygen atoms in total. The van der Waals surface area contributed by atoms with Crippen molar-refractivity contribution in [2.24, 2.45) is 10.9 Å². The molecule has 0 saturated carbocycles. The number of amidine groups is 1. The van der Waals surface area contributed by atoms with Crippen LogP contribution in [0.1, 0.15) is 18.9 Å². The molecule has 0 radical (unpaired) electrons. The number of nitrogens with two attached hydrogens (primary N) is 1. The van der Waals surface area contributed by atoms with Gasteiger partial charge in [-0.1, -0.05) is 35.5 Å². The largest absolute Gasteiger partial charge is 0.409 e. The molecule has 1 aromatic rings. The summed E-state index contributed by atoms with van der Waals surface area (Å²) in [5.41, 5.74) is 6.73. The van der Waals surface area contributed by atoms with Gasteiger partial charge >= 0.3 is 0 Å². The SMILES string of the molecule is CC(CC(N)=NO)NCCc1ccccc1. The Morgan fingerprint density at radius 2 is 2.12 bits per heavy atom. The van der Waals surface area contributed by atoms with Crippen LogP contribution in [0.4, 0.5) is 0 Å². The molecule has 0 aromatic heterocycles. The van der Waals surface area contributed by atoms with Crippen LogP contribution in [-0.4, -0.2) is 23.6 Å². The van der Waals surface area contributed by atoms with Crippen molar-refractivity contribution in [3.63, 3.8) is 0 Å². The van der Waals surface area contributed by atoms with E-state index in [1.165, 1.54) is 5.56 Å². The van der Waals surface area contributed by atoms with E-state index in [0.29, 0.717) is 6.42 Å². The Balaban J connectivity index is 2.21. The molecule has 1 aromatic carbocycles. The first-order valence-electron chi connectivity index (χ1n) is 5.46. The number of benzene rings is 1. The minimum Gasteiger partial charge on any atom is -0.409 e. The second kappa shape index (κ2) is 6.85. The van der Waals surface area contributed by atoms with Crippen LogP contribution >= 0.6 is 0 Å². The second-order valence-corrected chi connectivity index (χ2v) is 3.89. The van der Waals surface area contributed by atoms with Crippen molar-refractivity contribution in [3.05, 3.63) is 35.9 Å². The van der Waals surface area contributed by atoms with Crippen molar-refractivity contribution in [3.8, 4) is 0 Å². The number of nitrogens with one attached hydrogen (secondary N) is 1. The minimum atomic E-state index is 0.222. The fraction of sp³-hybridized carbons (Fsp3) is 0.417. The molecule has 16 heavy (non-hydrogen) atoms. The van der Waals surface area contributed by atoms with Crippen LogP contribution in [0.25, 0.3) is 0 Å². The molecule has 4 N–H and O–H groups in total. The number of hydrogen-bond acceptors (Lipinski definition) is 3. The van der Waals surface area contributed by atoms with Gasteiger partial charge in [0.1, 0.15) is 5.84 Å². The number of oxime groups is 1. The Bertz CT molecular complexity index is 324. The molecule has 0 amide bonds. The smallest absolute Gasteiger partial charge is 0.140 e. The predicted octanol–water partition coefficient (Wildman–Crippen LogP) is 1.34. The Labute approximate surface area is 96.2 Å². The standard InChI is InChI=1S/C12H19N3O/c1-10(9-12(13)15-16)14-8-7-11-5-3-2-4-6-11/h2-6,10,14,16H,7-9H2,1H3,(H2,13,15). The van der Waals surface area contributed by atoms with Gasteiger partial charge in [0, 0.05) is 12.5 Å². The summed E-state index contributed by atoms with van der Waals surface area (Å²) in [7, 11) is 0. The molecule has 0 bridgehead atoms. The van der Waals surface area contributed by atoms with Crippen LogP contribution in [0.5, 0.6) is 0 Å². The monoisotopic (exact) mass is 221 g/mol. The van der Waals surface area contributed by atoms with Crippen molar-refractivity contribution >= 4 is 5.84 Å². The van der Waals surface area contributed by atoms with Gasteiger partial charge in [0.25, 0.3) is 0 Å². The van der Waals surface area contributed by atoms with Gasteiger partial charge in [-0.25, -0.2) is 0 Å². The molecule has 0 heterocycles. The lowest BCUT2D eigenvalue weighted by atomic mass is 10.1. The van der Waals surface area contributed by atoms with E-state index < -0.39 is 0 Å². The maximum absolute atomic E-state index is 8.42. The molecule has 1 unspecified atom stereocenters. The quantitative estimate of drug-likeness (QED) is 0.294. The maximum Gasteiger partial charge on any atom is 0.140 e. The van der Waals surface area contributed by atoms with Gasteiger partial charge < -0.3 is 16.3 Å². The summed E-state index contributed by atoms with van der Waals surface area (Å²) in [6.45, 7) is 2.91. The topological polar surface area (TPSA) is 70.6 Å². The Kier molecular flexibility index (Phi) is 5.36. The molecular formula is C12H19N3O. The van der Waals surface area contributed by atoms with E-state index in [1.54, 1.807) is 0 Å². The lowest BCUT2D eigenvalue weighted by Gasteiger charge is -2.12. The van der Waals surface area contributed by atoms with E-state index in [2.05, 4.69) is 22.6 Å². The highest BCUT2D eigenvalue weighted by Crippen LogP contribution is 1.99. The summed E-state index contributed by atoms with van der Waals surface area (Å²) in [4.78, 5) is 0. The van der Waals surface area contributed by atoms with Crippen molar-refractivity contribution in [1.82, 2.24) is 5.32 Å². The zero-order valence-electron chi connectivity index (χ0n) is 9.56. The van der Waals surface area contributed by atoms with Crippen LogP contribution in [0.15, 0.2) is 35.5 Å². The Hall–Kier alpha value is -1.55. The normalized spacial score (nSPS) is 13.7. The fourth-order valence-corrected chi connectivity index (χ4v) is 1.53. The van der Waals surface area contributed by atoms with E-state index in [1.807, 2.05) is 25.1 Å². The fourth-order valence-electron chi connectivity index (χ4n) is 1.53. The molecule has 0 saturated heterocycles. The maximum atomic E-state index is 8.42. The van der Waals surface area contributed by atoms with Crippen LogP contribution in [0.2, 0.25) is 0 Å². The molecular weight excluding hydrogens is 202 g/mol. The molecule has 1 rings (SSSR count). The third-order valence-corrected chi connectivity index (χ3v) is 2.39. The average molecular weight is 221 g/mol. The van der Waals surface area contributed by atoms with Crippen LogP contribution < -0.4 is 11.1 Å². The van der Waals surface area contributed by atoms with Crippen LogP contribution in [0.3, 0.4) is 0 Å². The summed E-state index contributed by atoms with van der Waals surface area (Å²) < 4.78 is 0. The van der Waals surface area contributed by atoms with Crippen LogP contribution in [-0.2, 0) is 6.42 Å². The van der Waals surface area contributed by atoms with Gasteiger partial charge in [-0.3, -0.25) is 0 Å². The highest BCUT2D eigenvalue weighted by atomic mass is 16.4. The molecule has 1 atom stereocenters. The van der Waals surface area contributed by atoms with Crippen molar-refractivity contribution in [2.45, 2.75) is 25.8 Å². The molecule has 4 heteroatoms. The first kappa shape index (κ1) is 12.5. The molecule has 0 aliphatic carbocycles. The Morgan fingerprint density at radius 3 is 2.75 bits per heavy atom. The molecule has 0 spiro atoms. The summed E-state index contributed by atoms with van der Waals surface area (Å²) in [6.07, 6.45) is 1.55. The summed E-state index contributed by atoms with van der Waals surface area (Å²) in [5.74, 6) is 0.264. The van der Waals surface area contributed by atoms with E-state index >= 15 is 0 Å². The lowest BCUT2D eigenvalue weighted by molar-refractivity contribution is 0.316. The van der Waals surface area contributed by atoms with Gasteiger partial charge in [-0.05, 0) is 25.5 Å². The van der Waals surface area contributed by atoms with Gasteiger partial charge in [0.05, 0.1) is 0 Å². The van der Waals surface area contributed by atoms with Gasteiger partial charge in [0.15, 0.2) is 0 Å². The van der Waals surface area contributed by atoms with E-state index in [0.717, 1.165) is 13.0 Å². The van der Waals surface area contributed by atoms with Crippen molar-refractivity contribution in [2.75, 3.05) is 6.54 Å². The Morgan fingerprint density at radius 1 is 1.44 bits per heavy atom. The lowest BCUT2D eigenvalue weighted by Crippen LogP contribution is -2.32. The highest BCUT2D eigenvalue weighted by Gasteiger charge is 2.03. The predicted molar refractivity (Wildman–Crippen MR) is 65.6 cm³/mol. The summed E-state index contributed by atoms with van der Waals surface area (Å²) >= 11 is 0. The van der Waals surface area contributed by atoms with E-state index in [9.17, 15) is 0 Å². The minimum absolute atomic E-state index is 0.222. The van der Waals surface area contributed by atoms with Crippen LogP contribution in [0, 0.1) is 0 Å².